The van der Waals surface area contributed by atoms with Gasteiger partial charge in [0.25, 0.3) is 10.2 Å². The van der Waals surface area contributed by atoms with Crippen LogP contribution in [0.2, 0.25) is 0 Å². The molecule has 0 aromatic heterocycles. The Morgan fingerprint density at radius 2 is 1.76 bits per heavy atom. The van der Waals surface area contributed by atoms with Crippen LogP contribution in [0.15, 0.2) is 0 Å². The van der Waals surface area contributed by atoms with Crippen LogP contribution in [0.3, 0.4) is 0 Å². The number of ether oxygens (including phenoxy) is 1. The predicted octanol–water partition coefficient (Wildman–Crippen LogP) is 0.952. The van der Waals surface area contributed by atoms with Crippen molar-refractivity contribution in [2.45, 2.75) is 25.7 Å². The molecule has 1 N–H and O–H groups in total. The first kappa shape index (κ1) is 15.2. The number of nitrogens with zero attached hydrogens (tertiary/aromatic N) is 1. The van der Waals surface area contributed by atoms with E-state index in [9.17, 15) is 8.42 Å². The Bertz CT molecular complexity index is 290. The zero-order valence-corrected chi connectivity index (χ0v) is 11.6. The minimum atomic E-state index is -3.32. The van der Waals surface area contributed by atoms with Crippen molar-refractivity contribution in [3.63, 3.8) is 0 Å². The molecule has 0 atom stereocenters. The van der Waals surface area contributed by atoms with Crippen molar-refractivity contribution in [2.75, 3.05) is 38.7 Å². The lowest BCUT2D eigenvalue weighted by Crippen LogP contribution is -2.42. The van der Waals surface area contributed by atoms with Crippen LogP contribution in [0.4, 0.5) is 0 Å². The van der Waals surface area contributed by atoms with E-state index in [1.807, 2.05) is 0 Å². The van der Waals surface area contributed by atoms with Gasteiger partial charge in [-0.25, -0.2) is 0 Å². The Hall–Kier alpha value is 0.120. The number of nitrogens with one attached hydrogen (secondary N) is 1. The smallest absolute Gasteiger partial charge is 0.279 e. The molecule has 0 aromatic rings. The molecule has 0 bridgehead atoms. The Labute approximate surface area is 109 Å². The number of rotatable bonds is 7. The van der Waals surface area contributed by atoms with Crippen molar-refractivity contribution in [1.29, 1.82) is 0 Å². The summed E-state index contributed by atoms with van der Waals surface area (Å²) in [5.41, 5.74) is 0. The van der Waals surface area contributed by atoms with Gasteiger partial charge in [0.05, 0.1) is 13.2 Å². The lowest BCUT2D eigenvalue weighted by Gasteiger charge is -2.20. The summed E-state index contributed by atoms with van der Waals surface area (Å²) in [5.74, 6) is 0.429. The molecule has 1 heterocycles. The zero-order valence-electron chi connectivity index (χ0n) is 10.0. The molecule has 1 aliphatic heterocycles. The first-order chi connectivity index (χ1) is 8.17. The van der Waals surface area contributed by atoms with Gasteiger partial charge in [0.2, 0.25) is 0 Å². The molecular weight excluding hydrogens is 264 g/mol. The molecule has 0 unspecified atom stereocenters. The van der Waals surface area contributed by atoms with Gasteiger partial charge in [-0.05, 0) is 12.8 Å². The summed E-state index contributed by atoms with van der Waals surface area (Å²) >= 11 is 5.44. The predicted molar refractivity (Wildman–Crippen MR) is 68.5 cm³/mol. The fourth-order valence-corrected chi connectivity index (χ4v) is 3.14. The maximum atomic E-state index is 11.9. The minimum absolute atomic E-state index is 0.301. The van der Waals surface area contributed by atoms with E-state index in [2.05, 4.69) is 4.72 Å². The van der Waals surface area contributed by atoms with Gasteiger partial charge < -0.3 is 4.74 Å². The summed E-state index contributed by atoms with van der Waals surface area (Å²) in [7, 11) is -3.32. The average molecular weight is 285 g/mol. The summed E-state index contributed by atoms with van der Waals surface area (Å²) < 4.78 is 33.0. The molecule has 1 saturated heterocycles. The largest absolute Gasteiger partial charge is 0.379 e. The first-order valence-corrected chi connectivity index (χ1v) is 8.03. The van der Waals surface area contributed by atoms with Gasteiger partial charge in [0.15, 0.2) is 0 Å². The van der Waals surface area contributed by atoms with Gasteiger partial charge in [-0.1, -0.05) is 12.8 Å². The second kappa shape index (κ2) is 8.26. The monoisotopic (exact) mass is 284 g/mol. The van der Waals surface area contributed by atoms with Gasteiger partial charge in [0, 0.05) is 25.5 Å². The van der Waals surface area contributed by atoms with Crippen molar-refractivity contribution < 1.29 is 13.2 Å². The quantitative estimate of drug-likeness (QED) is 0.559. The fraction of sp³-hybridized carbons (Fsp3) is 1.00. The molecular formula is C10H21ClN2O3S. The third-order valence-corrected chi connectivity index (χ3v) is 4.43. The van der Waals surface area contributed by atoms with Gasteiger partial charge in [-0.2, -0.15) is 17.4 Å². The van der Waals surface area contributed by atoms with Crippen molar-refractivity contribution in [3.8, 4) is 0 Å². The van der Waals surface area contributed by atoms with E-state index in [1.165, 1.54) is 4.31 Å². The molecule has 1 aliphatic rings. The second-order valence-electron chi connectivity index (χ2n) is 4.01. The van der Waals surface area contributed by atoms with Crippen LogP contribution in [0.5, 0.6) is 0 Å². The van der Waals surface area contributed by atoms with E-state index >= 15 is 0 Å². The highest BCUT2D eigenvalue weighted by Gasteiger charge is 2.21. The number of alkyl halides is 1. The highest BCUT2D eigenvalue weighted by molar-refractivity contribution is 7.87. The van der Waals surface area contributed by atoms with Gasteiger partial charge in [-0.3, -0.25) is 0 Å². The van der Waals surface area contributed by atoms with Crippen molar-refractivity contribution in [2.24, 2.45) is 0 Å². The van der Waals surface area contributed by atoms with Crippen LogP contribution >= 0.6 is 11.6 Å². The molecule has 0 saturated carbocycles. The average Bonchev–Trinajstić information content (AvgIpc) is 2.57. The topological polar surface area (TPSA) is 58.6 Å². The van der Waals surface area contributed by atoms with Gasteiger partial charge in [-0.15, -0.1) is 11.6 Å². The molecule has 0 aliphatic carbocycles. The molecule has 0 amide bonds. The van der Waals surface area contributed by atoms with Crippen LogP contribution in [0.25, 0.3) is 0 Å². The second-order valence-corrected chi connectivity index (χ2v) is 6.15. The van der Waals surface area contributed by atoms with E-state index < -0.39 is 10.2 Å². The van der Waals surface area contributed by atoms with E-state index in [0.29, 0.717) is 38.7 Å². The Morgan fingerprint density at radius 3 is 2.35 bits per heavy atom. The highest BCUT2D eigenvalue weighted by Crippen LogP contribution is 2.11. The Morgan fingerprint density at radius 1 is 1.12 bits per heavy atom. The minimum Gasteiger partial charge on any atom is -0.379 e. The van der Waals surface area contributed by atoms with Crippen LogP contribution in [0.1, 0.15) is 25.7 Å². The third-order valence-electron chi connectivity index (χ3n) is 2.66. The van der Waals surface area contributed by atoms with Crippen LogP contribution in [0, 0.1) is 0 Å². The van der Waals surface area contributed by atoms with Gasteiger partial charge >= 0.3 is 0 Å². The summed E-state index contributed by atoms with van der Waals surface area (Å²) in [6.07, 6.45) is 4.13. The number of hydrogen-bond acceptors (Lipinski definition) is 3. The van der Waals surface area contributed by atoms with E-state index in [1.54, 1.807) is 0 Å². The number of hydrogen-bond donors (Lipinski definition) is 1. The lowest BCUT2D eigenvalue weighted by atomic mass is 10.2. The summed E-state index contributed by atoms with van der Waals surface area (Å²) in [6.45, 7) is 2.36. The van der Waals surface area contributed by atoms with Crippen molar-refractivity contribution in [3.05, 3.63) is 0 Å². The fourth-order valence-electron chi connectivity index (χ4n) is 1.77. The standard InChI is InChI=1S/C10H21ClN2O3S/c11-5-9-16-10-6-12-17(14,15)13-7-3-1-2-4-8-13/h12H,1-10H2. The third kappa shape index (κ3) is 6.01. The maximum Gasteiger partial charge on any atom is 0.279 e. The van der Waals surface area contributed by atoms with Crippen LogP contribution in [-0.4, -0.2) is 51.5 Å². The molecule has 17 heavy (non-hydrogen) atoms. The molecule has 102 valence electrons. The van der Waals surface area contributed by atoms with E-state index in [-0.39, 0.29) is 0 Å². The zero-order chi connectivity index (χ0) is 12.6. The highest BCUT2D eigenvalue weighted by atomic mass is 35.5. The molecule has 5 nitrogen and oxygen atoms in total. The van der Waals surface area contributed by atoms with Crippen LogP contribution in [-0.2, 0) is 14.9 Å². The molecule has 7 heteroatoms. The summed E-state index contributed by atoms with van der Waals surface area (Å²) in [6, 6.07) is 0. The summed E-state index contributed by atoms with van der Waals surface area (Å²) in [4.78, 5) is 0. The van der Waals surface area contributed by atoms with Gasteiger partial charge in [0.1, 0.15) is 0 Å². The van der Waals surface area contributed by atoms with E-state index in [4.69, 9.17) is 16.3 Å². The Balaban J connectivity index is 2.28. The van der Waals surface area contributed by atoms with Crippen molar-refractivity contribution >= 4 is 21.8 Å². The lowest BCUT2D eigenvalue weighted by molar-refractivity contribution is 0.154. The number of halogens is 1. The molecule has 0 radical (unpaired) electrons. The summed E-state index contributed by atoms with van der Waals surface area (Å²) in [5, 5.41) is 0. The first-order valence-electron chi connectivity index (χ1n) is 6.05. The van der Waals surface area contributed by atoms with Crippen molar-refractivity contribution in [1.82, 2.24) is 9.03 Å². The normalized spacial score (nSPS) is 19.1. The molecule has 0 aromatic carbocycles. The SMILES string of the molecule is O=S(=O)(NCCOCCCl)N1CCCCCC1. The molecule has 0 spiro atoms. The van der Waals surface area contributed by atoms with E-state index in [0.717, 1.165) is 25.7 Å². The molecule has 1 fully saturated rings. The Kier molecular flexibility index (Phi) is 7.38. The van der Waals surface area contributed by atoms with Crippen LogP contribution < -0.4 is 4.72 Å². The molecule has 1 rings (SSSR count). The maximum absolute atomic E-state index is 11.9.